The number of ether oxygens (including phenoxy) is 3. The van der Waals surface area contributed by atoms with Gasteiger partial charge in [0.05, 0.1) is 24.9 Å². The maximum Gasteiger partial charge on any atom is 0.330 e. The first-order chi connectivity index (χ1) is 11.9. The Balaban J connectivity index is 2.23. The van der Waals surface area contributed by atoms with Crippen molar-refractivity contribution >= 4 is 5.97 Å². The molecule has 0 aromatic carbocycles. The van der Waals surface area contributed by atoms with Gasteiger partial charge in [0, 0.05) is 12.0 Å². The minimum Gasteiger partial charge on any atom is -0.462 e. The zero-order valence-corrected chi connectivity index (χ0v) is 16.4. The van der Waals surface area contributed by atoms with Gasteiger partial charge in [-0.15, -0.1) is 0 Å². The fourth-order valence-corrected chi connectivity index (χ4v) is 2.87. The highest BCUT2D eigenvalue weighted by Gasteiger charge is 2.33. The SMILES string of the molecule is CCC(CC)COC(=O)/C=C/CC[C@@H](C)O[C@@H]1O[C@@H](C)[C@H](O)C[C@H]1C. The Morgan fingerprint density at radius 2 is 2.00 bits per heavy atom. The molecule has 1 rings (SSSR count). The highest BCUT2D eigenvalue weighted by Crippen LogP contribution is 2.27. The minimum absolute atomic E-state index is 0.0279. The topological polar surface area (TPSA) is 65.0 Å². The second-order valence-electron chi connectivity index (χ2n) is 7.23. The predicted octanol–water partition coefficient (Wildman–Crippen LogP) is 3.84. The van der Waals surface area contributed by atoms with Crippen LogP contribution >= 0.6 is 0 Å². The average Bonchev–Trinajstić information content (AvgIpc) is 2.57. The smallest absolute Gasteiger partial charge is 0.330 e. The largest absolute Gasteiger partial charge is 0.462 e. The van der Waals surface area contributed by atoms with E-state index in [1.54, 1.807) is 0 Å². The molecule has 5 atom stereocenters. The van der Waals surface area contributed by atoms with E-state index in [4.69, 9.17) is 14.2 Å². The number of aliphatic hydroxyl groups excluding tert-OH is 1. The van der Waals surface area contributed by atoms with Crippen molar-refractivity contribution in [2.45, 2.75) is 91.3 Å². The van der Waals surface area contributed by atoms with E-state index in [1.807, 2.05) is 26.8 Å². The number of allylic oxidation sites excluding steroid dienone is 1. The van der Waals surface area contributed by atoms with E-state index in [-0.39, 0.29) is 30.4 Å². The summed E-state index contributed by atoms with van der Waals surface area (Å²) in [4.78, 5) is 11.7. The van der Waals surface area contributed by atoms with Crippen LogP contribution in [0.25, 0.3) is 0 Å². The number of aliphatic hydroxyl groups is 1. The summed E-state index contributed by atoms with van der Waals surface area (Å²) in [5, 5.41) is 9.80. The Hall–Kier alpha value is -0.910. The van der Waals surface area contributed by atoms with E-state index in [0.717, 1.165) is 25.7 Å². The second-order valence-corrected chi connectivity index (χ2v) is 7.23. The van der Waals surface area contributed by atoms with Crippen molar-refractivity contribution in [3.05, 3.63) is 12.2 Å². The maximum atomic E-state index is 11.7. The minimum atomic E-state index is -0.417. The van der Waals surface area contributed by atoms with E-state index >= 15 is 0 Å². The van der Waals surface area contributed by atoms with Crippen LogP contribution in [0, 0.1) is 11.8 Å². The van der Waals surface area contributed by atoms with E-state index in [2.05, 4.69) is 13.8 Å². The summed E-state index contributed by atoms with van der Waals surface area (Å²) in [7, 11) is 0. The van der Waals surface area contributed by atoms with Crippen molar-refractivity contribution in [2.75, 3.05) is 6.61 Å². The van der Waals surface area contributed by atoms with Gasteiger partial charge in [0.25, 0.3) is 0 Å². The lowest BCUT2D eigenvalue weighted by Gasteiger charge is -2.37. The highest BCUT2D eigenvalue weighted by molar-refractivity contribution is 5.81. The van der Waals surface area contributed by atoms with Crippen LogP contribution in [0.5, 0.6) is 0 Å². The first-order valence-electron chi connectivity index (χ1n) is 9.69. The van der Waals surface area contributed by atoms with E-state index < -0.39 is 6.10 Å². The molecule has 0 aliphatic carbocycles. The van der Waals surface area contributed by atoms with E-state index in [1.165, 1.54) is 6.08 Å². The molecule has 0 saturated carbocycles. The molecule has 0 aromatic rings. The summed E-state index contributed by atoms with van der Waals surface area (Å²) < 4.78 is 16.9. The molecule has 1 N–H and O–H groups in total. The molecule has 1 fully saturated rings. The van der Waals surface area contributed by atoms with Gasteiger partial charge in [-0.2, -0.15) is 0 Å². The first kappa shape index (κ1) is 22.1. The second kappa shape index (κ2) is 11.7. The lowest BCUT2D eigenvalue weighted by atomic mass is 9.96. The van der Waals surface area contributed by atoms with Gasteiger partial charge in [-0.25, -0.2) is 4.79 Å². The molecule has 0 amide bonds. The lowest BCUT2D eigenvalue weighted by Crippen LogP contribution is -2.44. The molecule has 25 heavy (non-hydrogen) atoms. The van der Waals surface area contributed by atoms with Crippen molar-refractivity contribution in [2.24, 2.45) is 11.8 Å². The molecule has 1 aliphatic heterocycles. The molecule has 0 radical (unpaired) electrons. The fourth-order valence-electron chi connectivity index (χ4n) is 2.87. The Morgan fingerprint density at radius 3 is 2.64 bits per heavy atom. The van der Waals surface area contributed by atoms with Crippen molar-refractivity contribution in [3.8, 4) is 0 Å². The summed E-state index contributed by atoms with van der Waals surface area (Å²) in [5.74, 6) is 0.348. The fraction of sp³-hybridized carbons (Fsp3) is 0.850. The third-order valence-electron chi connectivity index (χ3n) is 4.94. The summed E-state index contributed by atoms with van der Waals surface area (Å²) in [5.41, 5.74) is 0. The molecular formula is C20H36O5. The molecule has 5 nitrogen and oxygen atoms in total. The molecule has 0 spiro atoms. The van der Waals surface area contributed by atoms with Gasteiger partial charge in [-0.1, -0.05) is 39.7 Å². The molecule has 1 saturated heterocycles. The van der Waals surface area contributed by atoms with Crippen LogP contribution in [0.15, 0.2) is 12.2 Å². The lowest BCUT2D eigenvalue weighted by molar-refractivity contribution is -0.255. The number of carbonyl (C=O) groups is 1. The van der Waals surface area contributed by atoms with Crippen LogP contribution in [0.2, 0.25) is 0 Å². The van der Waals surface area contributed by atoms with Crippen molar-refractivity contribution in [1.82, 2.24) is 0 Å². The third kappa shape index (κ3) is 8.34. The monoisotopic (exact) mass is 356 g/mol. The molecule has 146 valence electrons. The van der Waals surface area contributed by atoms with Gasteiger partial charge >= 0.3 is 5.97 Å². The van der Waals surface area contributed by atoms with Gasteiger partial charge in [0.15, 0.2) is 6.29 Å². The number of hydrogen-bond donors (Lipinski definition) is 1. The molecule has 0 bridgehead atoms. The predicted molar refractivity (Wildman–Crippen MR) is 98.1 cm³/mol. The number of esters is 1. The Bertz CT molecular complexity index is 405. The first-order valence-corrected chi connectivity index (χ1v) is 9.69. The molecule has 0 aromatic heterocycles. The summed E-state index contributed by atoms with van der Waals surface area (Å²) >= 11 is 0. The van der Waals surface area contributed by atoms with Gasteiger partial charge in [-0.05, 0) is 39.0 Å². The molecule has 1 aliphatic rings. The zero-order valence-electron chi connectivity index (χ0n) is 16.4. The Morgan fingerprint density at radius 1 is 1.32 bits per heavy atom. The van der Waals surface area contributed by atoms with Crippen LogP contribution in [-0.2, 0) is 19.0 Å². The Labute approximate surface area is 152 Å². The zero-order chi connectivity index (χ0) is 18.8. The normalized spacial score (nSPS) is 28.4. The number of rotatable bonds is 10. The van der Waals surface area contributed by atoms with Gasteiger partial charge in [0.1, 0.15) is 0 Å². The summed E-state index contributed by atoms with van der Waals surface area (Å²) in [6.45, 7) is 10.6. The van der Waals surface area contributed by atoms with Crippen molar-refractivity contribution in [3.63, 3.8) is 0 Å². The van der Waals surface area contributed by atoms with Crippen LogP contribution < -0.4 is 0 Å². The van der Waals surface area contributed by atoms with Crippen molar-refractivity contribution in [1.29, 1.82) is 0 Å². The molecule has 5 heteroatoms. The van der Waals surface area contributed by atoms with Crippen LogP contribution in [0.4, 0.5) is 0 Å². The number of hydrogen-bond acceptors (Lipinski definition) is 5. The molecular weight excluding hydrogens is 320 g/mol. The Kier molecular flexibility index (Phi) is 10.3. The third-order valence-corrected chi connectivity index (χ3v) is 4.94. The maximum absolute atomic E-state index is 11.7. The number of carbonyl (C=O) groups excluding carboxylic acids is 1. The average molecular weight is 357 g/mol. The quantitative estimate of drug-likeness (QED) is 0.476. The van der Waals surface area contributed by atoms with Crippen LogP contribution in [0.3, 0.4) is 0 Å². The van der Waals surface area contributed by atoms with Gasteiger partial charge in [-0.3, -0.25) is 0 Å². The van der Waals surface area contributed by atoms with Gasteiger partial charge in [0.2, 0.25) is 0 Å². The molecule has 0 unspecified atom stereocenters. The van der Waals surface area contributed by atoms with Crippen LogP contribution in [0.1, 0.15) is 66.7 Å². The summed E-state index contributed by atoms with van der Waals surface area (Å²) in [6.07, 6.45) is 6.79. The highest BCUT2D eigenvalue weighted by atomic mass is 16.7. The standard InChI is InChI=1S/C20H36O5/c1-6-17(7-2)13-23-19(22)11-9-8-10-15(4)24-20-14(3)12-18(21)16(5)25-20/h9,11,14-18,20-21H,6-8,10,12-13H2,1-5H3/b11-9+/t14-,15-,16+,18-,20-/m1/s1. The molecule has 1 heterocycles. The summed E-state index contributed by atoms with van der Waals surface area (Å²) in [6, 6.07) is 0. The van der Waals surface area contributed by atoms with E-state index in [9.17, 15) is 9.90 Å². The van der Waals surface area contributed by atoms with E-state index in [0.29, 0.717) is 18.9 Å². The van der Waals surface area contributed by atoms with Crippen LogP contribution in [-0.4, -0.2) is 42.3 Å². The van der Waals surface area contributed by atoms with Crippen molar-refractivity contribution < 1.29 is 24.1 Å². The van der Waals surface area contributed by atoms with Gasteiger partial charge < -0.3 is 19.3 Å².